The Morgan fingerprint density at radius 3 is 2.94 bits per heavy atom. The lowest BCUT2D eigenvalue weighted by atomic mass is 10.0. The molecule has 0 amide bonds. The zero-order chi connectivity index (χ0) is 11.7. The molecule has 0 saturated carbocycles. The lowest BCUT2D eigenvalue weighted by Crippen LogP contribution is -2.30. The number of hydrogen-bond acceptors (Lipinski definition) is 4. The third-order valence-corrected chi connectivity index (χ3v) is 2.48. The SMILES string of the molecule is O=C(O)[C@@H]1CCc2cc([N+](=O)[O-])ccc2O1. The van der Waals surface area contributed by atoms with Gasteiger partial charge in [-0.15, -0.1) is 0 Å². The van der Waals surface area contributed by atoms with Gasteiger partial charge in [0, 0.05) is 17.7 Å². The number of benzene rings is 1. The van der Waals surface area contributed by atoms with Crippen LogP contribution in [0.2, 0.25) is 0 Å². The van der Waals surface area contributed by atoms with Gasteiger partial charge in [0.05, 0.1) is 4.92 Å². The van der Waals surface area contributed by atoms with E-state index in [1.807, 2.05) is 0 Å². The lowest BCUT2D eigenvalue weighted by molar-refractivity contribution is -0.385. The van der Waals surface area contributed by atoms with E-state index in [9.17, 15) is 14.9 Å². The maximum Gasteiger partial charge on any atom is 0.344 e. The maximum atomic E-state index is 10.7. The van der Waals surface area contributed by atoms with Crippen LogP contribution in [0.3, 0.4) is 0 Å². The Morgan fingerprint density at radius 1 is 1.56 bits per heavy atom. The average molecular weight is 223 g/mol. The quantitative estimate of drug-likeness (QED) is 0.604. The molecule has 1 aromatic rings. The predicted octanol–water partition coefficient (Wildman–Crippen LogP) is 1.37. The Hall–Kier alpha value is -2.11. The molecule has 84 valence electrons. The van der Waals surface area contributed by atoms with Crippen LogP contribution < -0.4 is 4.74 Å². The average Bonchev–Trinajstić information content (AvgIpc) is 2.27. The smallest absolute Gasteiger partial charge is 0.344 e. The largest absolute Gasteiger partial charge is 0.479 e. The third-order valence-electron chi connectivity index (χ3n) is 2.48. The Labute approximate surface area is 90.6 Å². The van der Waals surface area contributed by atoms with Crippen molar-refractivity contribution in [3.63, 3.8) is 0 Å². The number of ether oxygens (including phenoxy) is 1. The van der Waals surface area contributed by atoms with E-state index in [0.29, 0.717) is 24.2 Å². The molecular weight excluding hydrogens is 214 g/mol. The van der Waals surface area contributed by atoms with Gasteiger partial charge in [0.1, 0.15) is 5.75 Å². The highest BCUT2D eigenvalue weighted by Crippen LogP contribution is 2.30. The number of nitro benzene ring substituents is 1. The van der Waals surface area contributed by atoms with E-state index in [4.69, 9.17) is 9.84 Å². The summed E-state index contributed by atoms with van der Waals surface area (Å²) >= 11 is 0. The second kappa shape index (κ2) is 3.80. The minimum atomic E-state index is -1.01. The Kier molecular flexibility index (Phi) is 2.47. The topological polar surface area (TPSA) is 89.7 Å². The van der Waals surface area contributed by atoms with Crippen molar-refractivity contribution >= 4 is 11.7 Å². The van der Waals surface area contributed by atoms with Crippen LogP contribution in [0.1, 0.15) is 12.0 Å². The zero-order valence-electron chi connectivity index (χ0n) is 8.25. The molecule has 0 aromatic heterocycles. The molecule has 0 fully saturated rings. The second-order valence-electron chi connectivity index (χ2n) is 3.53. The molecule has 0 aliphatic carbocycles. The Morgan fingerprint density at radius 2 is 2.31 bits per heavy atom. The van der Waals surface area contributed by atoms with Crippen LogP contribution in [-0.2, 0) is 11.2 Å². The number of carbonyl (C=O) groups is 1. The van der Waals surface area contributed by atoms with Gasteiger partial charge >= 0.3 is 5.97 Å². The van der Waals surface area contributed by atoms with Crippen molar-refractivity contribution < 1.29 is 19.6 Å². The summed E-state index contributed by atoms with van der Waals surface area (Å²) in [5.74, 6) is -0.590. The second-order valence-corrected chi connectivity index (χ2v) is 3.53. The summed E-state index contributed by atoms with van der Waals surface area (Å²) < 4.78 is 5.21. The number of aryl methyl sites for hydroxylation is 1. The zero-order valence-corrected chi connectivity index (χ0v) is 8.25. The Balaban J connectivity index is 2.29. The first-order valence-electron chi connectivity index (χ1n) is 4.74. The van der Waals surface area contributed by atoms with Crippen molar-refractivity contribution in [3.8, 4) is 5.75 Å². The fraction of sp³-hybridized carbons (Fsp3) is 0.300. The summed E-state index contributed by atoms with van der Waals surface area (Å²) in [6.07, 6.45) is -0.0359. The van der Waals surface area contributed by atoms with Gasteiger partial charge in [0.2, 0.25) is 0 Å². The number of fused-ring (bicyclic) bond motifs is 1. The van der Waals surface area contributed by atoms with E-state index >= 15 is 0 Å². The van der Waals surface area contributed by atoms with Gasteiger partial charge in [-0.1, -0.05) is 0 Å². The minimum Gasteiger partial charge on any atom is -0.479 e. The van der Waals surface area contributed by atoms with Gasteiger partial charge < -0.3 is 9.84 Å². The van der Waals surface area contributed by atoms with Gasteiger partial charge in [0.25, 0.3) is 5.69 Å². The van der Waals surface area contributed by atoms with Crippen LogP contribution in [-0.4, -0.2) is 22.1 Å². The van der Waals surface area contributed by atoms with Crippen LogP contribution in [0.5, 0.6) is 5.75 Å². The number of carboxylic acids is 1. The molecule has 0 bridgehead atoms. The molecule has 0 unspecified atom stereocenters. The summed E-state index contributed by atoms with van der Waals surface area (Å²) in [5, 5.41) is 19.3. The molecule has 6 heteroatoms. The number of nitro groups is 1. The molecule has 0 saturated heterocycles. The van der Waals surface area contributed by atoms with Crippen molar-refractivity contribution in [2.45, 2.75) is 18.9 Å². The van der Waals surface area contributed by atoms with Gasteiger partial charge in [0.15, 0.2) is 6.10 Å². The van der Waals surface area contributed by atoms with Gasteiger partial charge in [-0.3, -0.25) is 10.1 Å². The normalized spacial score (nSPS) is 18.4. The van der Waals surface area contributed by atoms with Crippen molar-refractivity contribution in [1.29, 1.82) is 0 Å². The fourth-order valence-corrected chi connectivity index (χ4v) is 1.66. The highest BCUT2D eigenvalue weighted by molar-refractivity contribution is 5.73. The van der Waals surface area contributed by atoms with E-state index in [1.54, 1.807) is 0 Å². The van der Waals surface area contributed by atoms with Crippen LogP contribution in [0, 0.1) is 10.1 Å². The summed E-state index contributed by atoms with van der Waals surface area (Å²) in [5.41, 5.74) is 0.683. The van der Waals surface area contributed by atoms with Crippen molar-refractivity contribution in [1.82, 2.24) is 0 Å². The van der Waals surface area contributed by atoms with Crippen LogP contribution >= 0.6 is 0 Å². The minimum absolute atomic E-state index is 0.00359. The van der Waals surface area contributed by atoms with Crippen molar-refractivity contribution in [2.75, 3.05) is 0 Å². The molecule has 1 heterocycles. The Bertz CT molecular complexity index is 457. The molecular formula is C10H9NO5. The van der Waals surface area contributed by atoms with E-state index in [0.717, 1.165) is 0 Å². The molecule has 0 spiro atoms. The summed E-state index contributed by atoms with van der Waals surface area (Å²) in [4.78, 5) is 20.8. The van der Waals surface area contributed by atoms with Gasteiger partial charge in [-0.2, -0.15) is 0 Å². The number of nitrogens with zero attached hydrogens (tertiary/aromatic N) is 1. The molecule has 2 rings (SSSR count). The first-order valence-corrected chi connectivity index (χ1v) is 4.74. The van der Waals surface area contributed by atoms with E-state index < -0.39 is 17.0 Å². The first-order chi connectivity index (χ1) is 7.58. The van der Waals surface area contributed by atoms with E-state index in [-0.39, 0.29) is 5.69 Å². The van der Waals surface area contributed by atoms with E-state index in [1.165, 1.54) is 18.2 Å². The number of carboxylic acid groups (broad SMARTS) is 1. The van der Waals surface area contributed by atoms with Crippen molar-refractivity contribution in [2.24, 2.45) is 0 Å². The molecule has 16 heavy (non-hydrogen) atoms. The summed E-state index contributed by atoms with van der Waals surface area (Å²) in [6.45, 7) is 0. The molecule has 0 radical (unpaired) electrons. The fourth-order valence-electron chi connectivity index (χ4n) is 1.66. The molecule has 1 atom stereocenters. The third kappa shape index (κ3) is 1.81. The number of aliphatic carboxylic acids is 1. The molecule has 1 aliphatic heterocycles. The van der Waals surface area contributed by atoms with Crippen molar-refractivity contribution in [3.05, 3.63) is 33.9 Å². The van der Waals surface area contributed by atoms with E-state index in [2.05, 4.69) is 0 Å². The van der Waals surface area contributed by atoms with Crippen LogP contribution in [0.25, 0.3) is 0 Å². The number of rotatable bonds is 2. The lowest BCUT2D eigenvalue weighted by Gasteiger charge is -2.22. The van der Waals surface area contributed by atoms with Gasteiger partial charge in [-0.25, -0.2) is 4.79 Å². The van der Waals surface area contributed by atoms with Gasteiger partial charge in [-0.05, 0) is 18.9 Å². The molecule has 6 nitrogen and oxygen atoms in total. The number of hydrogen-bond donors (Lipinski definition) is 1. The highest BCUT2D eigenvalue weighted by atomic mass is 16.6. The summed E-state index contributed by atoms with van der Waals surface area (Å²) in [7, 11) is 0. The predicted molar refractivity (Wildman–Crippen MR) is 53.5 cm³/mol. The maximum absolute atomic E-state index is 10.7. The monoisotopic (exact) mass is 223 g/mol. The summed E-state index contributed by atoms with van der Waals surface area (Å²) in [6, 6.07) is 4.18. The molecule has 1 aliphatic rings. The first kappa shape index (κ1) is 10.4. The standard InChI is InChI=1S/C10H9NO5/c12-10(13)9-3-1-6-5-7(11(14)15)2-4-8(6)16-9/h2,4-5,9H,1,3H2,(H,12,13)/t9-/m0/s1. The van der Waals surface area contributed by atoms with Crippen LogP contribution in [0.4, 0.5) is 5.69 Å². The molecule has 1 N–H and O–H groups in total. The highest BCUT2D eigenvalue weighted by Gasteiger charge is 2.26. The number of non-ortho nitro benzene ring substituents is 1. The molecule has 1 aromatic carbocycles. The van der Waals surface area contributed by atoms with Crippen LogP contribution in [0.15, 0.2) is 18.2 Å².